The Hall–Kier alpha value is -3.60. The van der Waals surface area contributed by atoms with Crippen molar-refractivity contribution < 1.29 is 32.5 Å². The van der Waals surface area contributed by atoms with Gasteiger partial charge in [-0.05, 0) is 54.4 Å². The molecule has 0 unspecified atom stereocenters. The van der Waals surface area contributed by atoms with E-state index in [1.54, 1.807) is 18.2 Å². The summed E-state index contributed by atoms with van der Waals surface area (Å²) in [6.07, 6.45) is 0.316. The summed E-state index contributed by atoms with van der Waals surface area (Å²) in [6.45, 7) is 0.109. The van der Waals surface area contributed by atoms with Crippen LogP contribution >= 0.6 is 0 Å². The van der Waals surface area contributed by atoms with Crippen LogP contribution < -0.4 is 19.5 Å². The van der Waals surface area contributed by atoms with Crippen LogP contribution in [0.3, 0.4) is 0 Å². The molecule has 1 saturated heterocycles. The van der Waals surface area contributed by atoms with Gasteiger partial charge in [0.25, 0.3) is 0 Å². The smallest absolute Gasteiger partial charge is 0.229 e. The first-order chi connectivity index (χ1) is 18.3. The van der Waals surface area contributed by atoms with Crippen LogP contribution in [0.5, 0.6) is 17.2 Å². The molecule has 3 aromatic carbocycles. The van der Waals surface area contributed by atoms with Gasteiger partial charge < -0.3 is 24.6 Å². The van der Waals surface area contributed by atoms with Gasteiger partial charge in [-0.25, -0.2) is 8.42 Å². The molecule has 1 amide bonds. The van der Waals surface area contributed by atoms with Crippen LogP contribution in [0.15, 0.2) is 72.8 Å². The highest BCUT2D eigenvalue weighted by Crippen LogP contribution is 2.47. The van der Waals surface area contributed by atoms with Crippen molar-refractivity contribution in [1.82, 2.24) is 5.32 Å². The van der Waals surface area contributed by atoms with Gasteiger partial charge in [0.15, 0.2) is 0 Å². The van der Waals surface area contributed by atoms with E-state index < -0.39 is 28.3 Å². The van der Waals surface area contributed by atoms with Gasteiger partial charge in [-0.3, -0.25) is 9.52 Å². The minimum absolute atomic E-state index is 0.130. The molecule has 0 aromatic heterocycles. The highest BCUT2D eigenvalue weighted by molar-refractivity contribution is 7.92. The molecule has 5 rings (SSSR count). The molecule has 0 radical (unpaired) electrons. The number of para-hydroxylation sites is 1. The van der Waals surface area contributed by atoms with E-state index in [0.29, 0.717) is 30.2 Å². The van der Waals surface area contributed by atoms with Gasteiger partial charge in [-0.2, -0.15) is 0 Å². The number of carbonyl (C=O) groups excluding carboxylic acids is 1. The maximum atomic E-state index is 12.7. The van der Waals surface area contributed by atoms with Crippen molar-refractivity contribution in [2.75, 3.05) is 17.6 Å². The molecule has 0 aliphatic carbocycles. The van der Waals surface area contributed by atoms with Gasteiger partial charge in [0.2, 0.25) is 15.9 Å². The molecule has 0 saturated carbocycles. The maximum Gasteiger partial charge on any atom is 0.229 e. The Kier molecular flexibility index (Phi) is 7.55. The Labute approximate surface area is 221 Å². The van der Waals surface area contributed by atoms with Gasteiger partial charge in [-0.1, -0.05) is 30.3 Å². The number of hydrogen-bond acceptors (Lipinski definition) is 7. The van der Waals surface area contributed by atoms with Crippen molar-refractivity contribution in [3.63, 3.8) is 0 Å². The number of aliphatic hydroxyl groups excluding tert-OH is 1. The first kappa shape index (κ1) is 26.0. The van der Waals surface area contributed by atoms with Crippen LogP contribution in [0.4, 0.5) is 5.69 Å². The molecule has 3 N–H and O–H groups in total. The van der Waals surface area contributed by atoms with Gasteiger partial charge in [0.1, 0.15) is 29.5 Å². The number of rotatable bonds is 9. The number of aliphatic hydroxyl groups is 1. The molecule has 4 atom stereocenters. The van der Waals surface area contributed by atoms with Crippen molar-refractivity contribution in [2.45, 2.75) is 43.6 Å². The SMILES string of the molecule is CS(=O)(=O)Nc1ccc2c(c1)[C@@H]1C[C@H](CC(=O)NCc3ccc(Oc4ccccc4)cc3)O[C@@H](CO)[C@@H]1O2. The lowest BCUT2D eigenvalue weighted by atomic mass is 9.84. The molecule has 1 fully saturated rings. The maximum absolute atomic E-state index is 12.7. The normalized spacial score (nSPS) is 22.1. The zero-order valence-corrected chi connectivity index (χ0v) is 21.7. The summed E-state index contributed by atoms with van der Waals surface area (Å²) in [5.41, 5.74) is 2.21. The summed E-state index contributed by atoms with van der Waals surface area (Å²) in [5.74, 6) is 1.79. The van der Waals surface area contributed by atoms with E-state index >= 15 is 0 Å². The molecule has 2 heterocycles. The number of anilines is 1. The molecule has 9 nitrogen and oxygen atoms in total. The van der Waals surface area contributed by atoms with Crippen LogP contribution in [0, 0.1) is 0 Å². The monoisotopic (exact) mass is 538 g/mol. The first-order valence-electron chi connectivity index (χ1n) is 12.4. The molecule has 2 aliphatic heterocycles. The molecule has 200 valence electrons. The third kappa shape index (κ3) is 6.27. The minimum atomic E-state index is -3.43. The Balaban J connectivity index is 1.18. The number of benzene rings is 3. The largest absolute Gasteiger partial charge is 0.487 e. The second-order valence-electron chi connectivity index (χ2n) is 9.57. The van der Waals surface area contributed by atoms with Crippen LogP contribution in [-0.4, -0.2) is 50.6 Å². The van der Waals surface area contributed by atoms with Gasteiger partial charge in [-0.15, -0.1) is 0 Å². The molecule has 0 bridgehead atoms. The average Bonchev–Trinajstić information content (AvgIpc) is 3.25. The number of hydrogen-bond donors (Lipinski definition) is 3. The first-order valence-corrected chi connectivity index (χ1v) is 14.3. The molecular formula is C28H30N2O7S. The minimum Gasteiger partial charge on any atom is -0.487 e. The van der Waals surface area contributed by atoms with E-state index in [4.69, 9.17) is 14.2 Å². The zero-order chi connectivity index (χ0) is 26.7. The third-order valence-corrected chi connectivity index (χ3v) is 7.21. The lowest BCUT2D eigenvalue weighted by Gasteiger charge is -2.37. The van der Waals surface area contributed by atoms with E-state index in [-0.39, 0.29) is 24.9 Å². The summed E-state index contributed by atoms with van der Waals surface area (Å²) >= 11 is 0. The molecule has 2 aliphatic rings. The van der Waals surface area contributed by atoms with Gasteiger partial charge in [0.05, 0.1) is 25.4 Å². The predicted molar refractivity (Wildman–Crippen MR) is 142 cm³/mol. The summed E-state index contributed by atoms with van der Waals surface area (Å²) in [6, 6.07) is 22.1. The topological polar surface area (TPSA) is 123 Å². The zero-order valence-electron chi connectivity index (χ0n) is 20.9. The Morgan fingerprint density at radius 1 is 1.05 bits per heavy atom. The molecule has 38 heavy (non-hydrogen) atoms. The second-order valence-corrected chi connectivity index (χ2v) is 11.3. The van der Waals surface area contributed by atoms with Crippen LogP contribution in [0.2, 0.25) is 0 Å². The Bertz CT molecular complexity index is 1380. The number of carbonyl (C=O) groups is 1. The highest BCUT2D eigenvalue weighted by atomic mass is 32.2. The second kappa shape index (κ2) is 11.0. The number of ether oxygens (including phenoxy) is 3. The van der Waals surface area contributed by atoms with Gasteiger partial charge >= 0.3 is 0 Å². The summed E-state index contributed by atoms with van der Waals surface area (Å²) < 4.78 is 43.7. The summed E-state index contributed by atoms with van der Waals surface area (Å²) in [7, 11) is -3.43. The fraction of sp³-hybridized carbons (Fsp3) is 0.321. The molecule has 3 aromatic rings. The molecular weight excluding hydrogens is 508 g/mol. The van der Waals surface area contributed by atoms with Crippen molar-refractivity contribution in [1.29, 1.82) is 0 Å². The van der Waals surface area contributed by atoms with E-state index in [0.717, 1.165) is 23.1 Å². The fourth-order valence-corrected chi connectivity index (χ4v) is 5.50. The van der Waals surface area contributed by atoms with Crippen molar-refractivity contribution in [2.24, 2.45) is 0 Å². The lowest BCUT2D eigenvalue weighted by Crippen LogP contribution is -2.47. The quantitative estimate of drug-likeness (QED) is 0.381. The van der Waals surface area contributed by atoms with Gasteiger partial charge in [0, 0.05) is 23.7 Å². The molecule has 10 heteroatoms. The summed E-state index contributed by atoms with van der Waals surface area (Å²) in [5, 5.41) is 12.9. The third-order valence-electron chi connectivity index (χ3n) is 6.61. The van der Waals surface area contributed by atoms with E-state index in [1.807, 2.05) is 54.6 Å². The van der Waals surface area contributed by atoms with Crippen molar-refractivity contribution >= 4 is 21.6 Å². The van der Waals surface area contributed by atoms with E-state index in [1.165, 1.54) is 0 Å². The van der Waals surface area contributed by atoms with Crippen molar-refractivity contribution in [3.8, 4) is 17.2 Å². The fourth-order valence-electron chi connectivity index (χ4n) is 4.95. The average molecular weight is 539 g/mol. The Morgan fingerprint density at radius 3 is 2.50 bits per heavy atom. The Morgan fingerprint density at radius 2 is 1.79 bits per heavy atom. The number of amides is 1. The van der Waals surface area contributed by atoms with E-state index in [9.17, 15) is 18.3 Å². The highest BCUT2D eigenvalue weighted by Gasteiger charge is 2.46. The summed E-state index contributed by atoms with van der Waals surface area (Å²) in [4.78, 5) is 12.7. The molecule has 0 spiro atoms. The standard InChI is InChI=1S/C28H30N2O7S/c1-38(33,34)30-19-9-12-25-23(13-19)24-14-22(36-26(17-31)28(24)37-25)15-27(32)29-16-18-7-10-21(11-8-18)35-20-5-3-2-4-6-20/h2-13,22,24,26,28,30-31H,14-17H2,1H3,(H,29,32)/t22-,24+,26+,28-/m1/s1. The lowest BCUT2D eigenvalue weighted by molar-refractivity contribution is -0.142. The number of fused-ring (bicyclic) bond motifs is 3. The predicted octanol–water partition coefficient (Wildman–Crippen LogP) is 3.55. The van der Waals surface area contributed by atoms with Crippen LogP contribution in [0.25, 0.3) is 0 Å². The van der Waals surface area contributed by atoms with Crippen molar-refractivity contribution in [3.05, 3.63) is 83.9 Å². The van der Waals surface area contributed by atoms with Crippen LogP contribution in [-0.2, 0) is 26.1 Å². The number of sulfonamides is 1. The number of nitrogens with one attached hydrogen (secondary N) is 2. The van der Waals surface area contributed by atoms with E-state index in [2.05, 4.69) is 10.0 Å². The van der Waals surface area contributed by atoms with Crippen LogP contribution in [0.1, 0.15) is 29.9 Å².